The van der Waals surface area contributed by atoms with Gasteiger partial charge in [0.2, 0.25) is 0 Å². The molecule has 3 heterocycles. The third kappa shape index (κ3) is 3.30. The van der Waals surface area contributed by atoms with Crippen molar-refractivity contribution in [3.8, 4) is 0 Å². The molecule has 2 aromatic heterocycles. The number of aliphatic hydroxyl groups excluding tert-OH is 1. The van der Waals surface area contributed by atoms with E-state index < -0.39 is 0 Å². The molecule has 1 aliphatic rings. The Bertz CT molecular complexity index is 883. The predicted octanol–water partition coefficient (Wildman–Crippen LogP) is 2.31. The lowest BCUT2D eigenvalue weighted by Crippen LogP contribution is -2.21. The minimum absolute atomic E-state index is 0.253. The van der Waals surface area contributed by atoms with Crippen molar-refractivity contribution in [3.05, 3.63) is 59.5 Å². The SMILES string of the molecule is Cc1nn(C)cc1CN1C[C@@H](Cc2ccnc3ccccc23)[C@H](O)C1. The van der Waals surface area contributed by atoms with Gasteiger partial charge in [0.05, 0.1) is 17.3 Å². The number of hydrogen-bond donors (Lipinski definition) is 1. The van der Waals surface area contributed by atoms with Crippen LogP contribution in [0.5, 0.6) is 0 Å². The van der Waals surface area contributed by atoms with Gasteiger partial charge in [0.1, 0.15) is 0 Å². The molecule has 0 amide bonds. The second-order valence-electron chi connectivity index (χ2n) is 7.13. The van der Waals surface area contributed by atoms with Crippen LogP contribution in [0.1, 0.15) is 16.8 Å². The maximum atomic E-state index is 10.6. The van der Waals surface area contributed by atoms with Gasteiger partial charge in [0, 0.05) is 55.9 Å². The van der Waals surface area contributed by atoms with Gasteiger partial charge in [-0.05, 0) is 31.0 Å². The molecule has 3 aromatic rings. The highest BCUT2D eigenvalue weighted by atomic mass is 16.3. The molecule has 0 unspecified atom stereocenters. The molecular weight excluding hydrogens is 312 g/mol. The van der Waals surface area contributed by atoms with Crippen LogP contribution in [0.2, 0.25) is 0 Å². The molecule has 1 N–H and O–H groups in total. The number of likely N-dealkylation sites (tertiary alicyclic amines) is 1. The quantitative estimate of drug-likeness (QED) is 0.794. The van der Waals surface area contributed by atoms with Crippen molar-refractivity contribution in [3.63, 3.8) is 0 Å². The summed E-state index contributed by atoms with van der Waals surface area (Å²) in [6, 6.07) is 10.3. The van der Waals surface area contributed by atoms with Crippen molar-refractivity contribution in [2.45, 2.75) is 26.0 Å². The first-order chi connectivity index (χ1) is 12.1. The summed E-state index contributed by atoms with van der Waals surface area (Å²) in [6.07, 6.45) is 4.54. The van der Waals surface area contributed by atoms with E-state index in [1.165, 1.54) is 16.5 Å². The molecule has 0 radical (unpaired) electrons. The summed E-state index contributed by atoms with van der Waals surface area (Å²) >= 11 is 0. The first-order valence-corrected chi connectivity index (χ1v) is 8.82. The molecule has 1 aliphatic heterocycles. The minimum atomic E-state index is -0.288. The van der Waals surface area contributed by atoms with Crippen LogP contribution in [0, 0.1) is 12.8 Å². The number of para-hydroxylation sites is 1. The summed E-state index contributed by atoms with van der Waals surface area (Å²) in [7, 11) is 1.95. The molecule has 5 nitrogen and oxygen atoms in total. The van der Waals surface area contributed by atoms with Crippen molar-refractivity contribution in [1.29, 1.82) is 0 Å². The second kappa shape index (κ2) is 6.58. The number of hydrogen-bond acceptors (Lipinski definition) is 4. The Kier molecular flexibility index (Phi) is 4.27. The van der Waals surface area contributed by atoms with E-state index in [1.54, 1.807) is 0 Å². The fraction of sp³-hybridized carbons (Fsp3) is 0.400. The molecule has 0 spiro atoms. The van der Waals surface area contributed by atoms with Gasteiger partial charge >= 0.3 is 0 Å². The summed E-state index contributed by atoms with van der Waals surface area (Å²) < 4.78 is 1.86. The zero-order valence-corrected chi connectivity index (χ0v) is 14.8. The van der Waals surface area contributed by atoms with E-state index in [4.69, 9.17) is 0 Å². The van der Waals surface area contributed by atoms with Gasteiger partial charge in [0.15, 0.2) is 0 Å². The van der Waals surface area contributed by atoms with E-state index in [2.05, 4.69) is 39.4 Å². The monoisotopic (exact) mass is 336 g/mol. The Morgan fingerprint density at radius 1 is 1.16 bits per heavy atom. The Morgan fingerprint density at radius 3 is 2.80 bits per heavy atom. The zero-order chi connectivity index (χ0) is 17.4. The average molecular weight is 336 g/mol. The minimum Gasteiger partial charge on any atom is -0.391 e. The van der Waals surface area contributed by atoms with Crippen LogP contribution in [-0.4, -0.2) is 44.0 Å². The molecule has 130 valence electrons. The van der Waals surface area contributed by atoms with Gasteiger partial charge in [-0.25, -0.2) is 0 Å². The molecule has 2 atom stereocenters. The lowest BCUT2D eigenvalue weighted by molar-refractivity contribution is 0.141. The maximum Gasteiger partial charge on any atom is 0.0710 e. The van der Waals surface area contributed by atoms with Gasteiger partial charge in [0.25, 0.3) is 0 Å². The topological polar surface area (TPSA) is 54.2 Å². The molecule has 1 saturated heterocycles. The largest absolute Gasteiger partial charge is 0.391 e. The molecule has 0 saturated carbocycles. The molecule has 4 rings (SSSR count). The highest BCUT2D eigenvalue weighted by molar-refractivity contribution is 5.81. The summed E-state index contributed by atoms with van der Waals surface area (Å²) in [6.45, 7) is 4.53. The number of nitrogens with zero attached hydrogens (tertiary/aromatic N) is 4. The summed E-state index contributed by atoms with van der Waals surface area (Å²) in [4.78, 5) is 6.77. The van der Waals surface area contributed by atoms with Gasteiger partial charge in [-0.1, -0.05) is 18.2 Å². The number of benzene rings is 1. The average Bonchev–Trinajstić information content (AvgIpc) is 3.09. The second-order valence-corrected chi connectivity index (χ2v) is 7.13. The van der Waals surface area contributed by atoms with E-state index >= 15 is 0 Å². The van der Waals surface area contributed by atoms with Gasteiger partial charge < -0.3 is 5.11 Å². The number of aryl methyl sites for hydroxylation is 2. The van der Waals surface area contributed by atoms with E-state index in [0.717, 1.165) is 37.3 Å². The number of aromatic nitrogens is 3. The molecule has 0 bridgehead atoms. The van der Waals surface area contributed by atoms with Gasteiger partial charge in [-0.3, -0.25) is 14.6 Å². The van der Waals surface area contributed by atoms with Crippen molar-refractivity contribution in [2.24, 2.45) is 13.0 Å². The zero-order valence-electron chi connectivity index (χ0n) is 14.8. The molecule has 1 aromatic carbocycles. The number of pyridine rings is 1. The van der Waals surface area contributed by atoms with Gasteiger partial charge in [-0.2, -0.15) is 5.10 Å². The van der Waals surface area contributed by atoms with Crippen molar-refractivity contribution in [1.82, 2.24) is 19.7 Å². The third-order valence-corrected chi connectivity index (χ3v) is 5.21. The summed E-state index contributed by atoms with van der Waals surface area (Å²) in [5, 5.41) is 16.2. The molecule has 5 heteroatoms. The normalized spacial score (nSPS) is 21.2. The van der Waals surface area contributed by atoms with E-state index in [1.807, 2.05) is 37.0 Å². The number of rotatable bonds is 4. The van der Waals surface area contributed by atoms with Crippen LogP contribution in [-0.2, 0) is 20.0 Å². The van der Waals surface area contributed by atoms with Crippen molar-refractivity contribution < 1.29 is 5.11 Å². The van der Waals surface area contributed by atoms with Crippen LogP contribution in [0.15, 0.2) is 42.7 Å². The molecule has 25 heavy (non-hydrogen) atoms. The predicted molar refractivity (Wildman–Crippen MR) is 98.2 cm³/mol. The fourth-order valence-electron chi connectivity index (χ4n) is 3.93. The van der Waals surface area contributed by atoms with Crippen LogP contribution in [0.25, 0.3) is 10.9 Å². The first-order valence-electron chi connectivity index (χ1n) is 8.82. The lowest BCUT2D eigenvalue weighted by atomic mass is 9.94. The fourth-order valence-corrected chi connectivity index (χ4v) is 3.93. The smallest absolute Gasteiger partial charge is 0.0710 e. The first kappa shape index (κ1) is 16.2. The Labute approximate surface area is 147 Å². The standard InChI is InChI=1S/C20H24N4O/c1-14-17(10-23(2)22-14)12-24-11-16(20(25)13-24)9-15-7-8-21-19-6-4-3-5-18(15)19/h3-8,10,16,20,25H,9,11-13H2,1-2H3/t16-,20-/m1/s1. The summed E-state index contributed by atoms with van der Waals surface area (Å²) in [5.74, 6) is 0.253. The van der Waals surface area contributed by atoms with Crippen LogP contribution >= 0.6 is 0 Å². The Morgan fingerprint density at radius 2 is 2.00 bits per heavy atom. The Hall–Kier alpha value is -2.24. The molecular formula is C20H24N4O. The Balaban J connectivity index is 1.49. The van der Waals surface area contributed by atoms with Crippen molar-refractivity contribution in [2.75, 3.05) is 13.1 Å². The van der Waals surface area contributed by atoms with Crippen molar-refractivity contribution >= 4 is 10.9 Å². The maximum absolute atomic E-state index is 10.6. The van der Waals surface area contributed by atoms with E-state index in [-0.39, 0.29) is 12.0 Å². The number of aliphatic hydroxyl groups is 1. The van der Waals surface area contributed by atoms with E-state index in [9.17, 15) is 5.11 Å². The van der Waals surface area contributed by atoms with Gasteiger partial charge in [-0.15, -0.1) is 0 Å². The van der Waals surface area contributed by atoms with E-state index in [0.29, 0.717) is 0 Å². The lowest BCUT2D eigenvalue weighted by Gasteiger charge is -2.16. The molecule has 1 fully saturated rings. The number of fused-ring (bicyclic) bond motifs is 1. The van der Waals surface area contributed by atoms with Crippen LogP contribution < -0.4 is 0 Å². The third-order valence-electron chi connectivity index (χ3n) is 5.21. The number of β-amino-alcohol motifs (C(OH)–C–C–N with tert-alkyl or cyclic N) is 1. The summed E-state index contributed by atoms with van der Waals surface area (Å²) in [5.41, 5.74) is 4.61. The van der Waals surface area contributed by atoms with Crippen LogP contribution in [0.3, 0.4) is 0 Å². The highest BCUT2D eigenvalue weighted by Crippen LogP contribution is 2.26. The van der Waals surface area contributed by atoms with Crippen LogP contribution in [0.4, 0.5) is 0 Å². The molecule has 0 aliphatic carbocycles. The highest BCUT2D eigenvalue weighted by Gasteiger charge is 2.32.